The first-order valence-electron chi connectivity index (χ1n) is 6.25. The van der Waals surface area contributed by atoms with Crippen molar-refractivity contribution in [3.05, 3.63) is 44.8 Å². The number of nitrogens with zero attached hydrogens (tertiary/aromatic N) is 2. The topological polar surface area (TPSA) is 82.0 Å². The van der Waals surface area contributed by atoms with Crippen LogP contribution in [0.25, 0.3) is 11.3 Å². The number of nitrogens with two attached hydrogens (primary N) is 1. The fraction of sp³-hybridized carbons (Fsp3) is 0.357. The molecule has 2 rings (SSSR count). The second-order valence-electron chi connectivity index (χ2n) is 5.72. The van der Waals surface area contributed by atoms with Gasteiger partial charge in [0.15, 0.2) is 0 Å². The van der Waals surface area contributed by atoms with Crippen LogP contribution in [0.2, 0.25) is 0 Å². The molecule has 0 spiro atoms. The number of non-ortho nitro benzene ring substituents is 1. The lowest BCUT2D eigenvalue weighted by Gasteiger charge is -2.24. The molecule has 0 fully saturated rings. The van der Waals surface area contributed by atoms with E-state index in [0.29, 0.717) is 0 Å². The summed E-state index contributed by atoms with van der Waals surface area (Å²) in [6.45, 7) is 6.18. The van der Waals surface area contributed by atoms with E-state index < -0.39 is 4.92 Å². The van der Waals surface area contributed by atoms with E-state index in [1.807, 2.05) is 11.4 Å². The van der Waals surface area contributed by atoms with Gasteiger partial charge in [-0.15, -0.1) is 11.3 Å². The highest BCUT2D eigenvalue weighted by atomic mass is 32.1. The van der Waals surface area contributed by atoms with Crippen molar-refractivity contribution >= 4 is 17.0 Å². The van der Waals surface area contributed by atoms with Crippen LogP contribution in [-0.2, 0) is 0 Å². The summed E-state index contributed by atoms with van der Waals surface area (Å²) >= 11 is 1.49. The van der Waals surface area contributed by atoms with Crippen LogP contribution < -0.4 is 5.73 Å². The van der Waals surface area contributed by atoms with Gasteiger partial charge in [0.2, 0.25) is 0 Å². The molecular formula is C14H17N3O2S. The molecule has 1 atom stereocenters. The van der Waals surface area contributed by atoms with Gasteiger partial charge in [0, 0.05) is 23.1 Å². The molecule has 0 aliphatic carbocycles. The normalized spacial score (nSPS) is 13.2. The van der Waals surface area contributed by atoms with Gasteiger partial charge in [-0.1, -0.05) is 32.9 Å². The Bertz CT molecular complexity index is 631. The van der Waals surface area contributed by atoms with Crippen LogP contribution in [0, 0.1) is 15.5 Å². The average Bonchev–Trinajstić information content (AvgIpc) is 2.86. The predicted octanol–water partition coefficient (Wildman–Crippen LogP) is 3.76. The molecule has 0 bridgehead atoms. The maximum atomic E-state index is 10.8. The smallest absolute Gasteiger partial charge is 0.270 e. The third-order valence-corrected chi connectivity index (χ3v) is 4.00. The number of hydrogen-bond acceptors (Lipinski definition) is 5. The molecule has 6 heteroatoms. The molecule has 20 heavy (non-hydrogen) atoms. The van der Waals surface area contributed by atoms with Crippen molar-refractivity contribution < 1.29 is 4.92 Å². The molecule has 1 heterocycles. The first-order chi connectivity index (χ1) is 9.29. The van der Waals surface area contributed by atoms with E-state index in [-0.39, 0.29) is 17.1 Å². The Morgan fingerprint density at radius 3 is 2.70 bits per heavy atom. The standard InChI is InChI=1S/C14H17N3O2S/c1-14(2,3)12(15)13-16-11(8-20-13)9-5-4-6-10(7-9)17(18)19/h4-8,12H,15H2,1-3H3. The van der Waals surface area contributed by atoms with E-state index in [0.717, 1.165) is 16.3 Å². The van der Waals surface area contributed by atoms with Crippen molar-refractivity contribution in [1.82, 2.24) is 4.98 Å². The zero-order valence-electron chi connectivity index (χ0n) is 11.7. The summed E-state index contributed by atoms with van der Waals surface area (Å²) in [6.07, 6.45) is 0. The van der Waals surface area contributed by atoms with E-state index in [4.69, 9.17) is 5.73 Å². The van der Waals surface area contributed by atoms with Crippen molar-refractivity contribution in [2.75, 3.05) is 0 Å². The minimum Gasteiger partial charge on any atom is -0.322 e. The Morgan fingerprint density at radius 2 is 2.10 bits per heavy atom. The van der Waals surface area contributed by atoms with Gasteiger partial charge in [-0.2, -0.15) is 0 Å². The number of hydrogen-bond donors (Lipinski definition) is 1. The van der Waals surface area contributed by atoms with Crippen LogP contribution in [-0.4, -0.2) is 9.91 Å². The van der Waals surface area contributed by atoms with Gasteiger partial charge >= 0.3 is 0 Å². The van der Waals surface area contributed by atoms with E-state index in [9.17, 15) is 10.1 Å². The molecule has 106 valence electrons. The second-order valence-corrected chi connectivity index (χ2v) is 6.61. The van der Waals surface area contributed by atoms with E-state index in [2.05, 4.69) is 25.8 Å². The lowest BCUT2D eigenvalue weighted by Crippen LogP contribution is -2.26. The van der Waals surface area contributed by atoms with E-state index in [1.54, 1.807) is 6.07 Å². The lowest BCUT2D eigenvalue weighted by molar-refractivity contribution is -0.384. The third-order valence-electron chi connectivity index (χ3n) is 3.07. The molecule has 1 aromatic heterocycles. The largest absolute Gasteiger partial charge is 0.322 e. The van der Waals surface area contributed by atoms with Gasteiger partial charge in [0.1, 0.15) is 5.01 Å². The van der Waals surface area contributed by atoms with Crippen molar-refractivity contribution in [1.29, 1.82) is 0 Å². The summed E-state index contributed by atoms with van der Waals surface area (Å²) in [6, 6.07) is 6.32. The Morgan fingerprint density at radius 1 is 1.40 bits per heavy atom. The molecule has 0 aliphatic rings. The van der Waals surface area contributed by atoms with Gasteiger partial charge in [-0.25, -0.2) is 4.98 Å². The van der Waals surface area contributed by atoms with Gasteiger partial charge in [-0.05, 0) is 5.41 Å². The zero-order chi connectivity index (χ0) is 14.9. The Balaban J connectivity index is 2.34. The molecule has 2 aromatic rings. The molecule has 0 saturated heterocycles. The van der Waals surface area contributed by atoms with Crippen LogP contribution in [0.1, 0.15) is 31.8 Å². The summed E-state index contributed by atoms with van der Waals surface area (Å²) in [4.78, 5) is 14.9. The average molecular weight is 291 g/mol. The number of benzene rings is 1. The zero-order valence-corrected chi connectivity index (χ0v) is 12.5. The number of nitro benzene ring substituents is 1. The summed E-state index contributed by atoms with van der Waals surface area (Å²) in [5.41, 5.74) is 7.65. The van der Waals surface area contributed by atoms with Gasteiger partial charge in [0.25, 0.3) is 5.69 Å². The van der Waals surface area contributed by atoms with Crippen LogP contribution in [0.4, 0.5) is 5.69 Å². The molecule has 0 radical (unpaired) electrons. The van der Waals surface area contributed by atoms with E-state index >= 15 is 0 Å². The predicted molar refractivity (Wildman–Crippen MR) is 80.6 cm³/mol. The highest BCUT2D eigenvalue weighted by Crippen LogP contribution is 2.34. The molecular weight excluding hydrogens is 274 g/mol. The van der Waals surface area contributed by atoms with Gasteiger partial charge in [0.05, 0.1) is 16.7 Å². The van der Waals surface area contributed by atoms with Gasteiger partial charge < -0.3 is 5.73 Å². The van der Waals surface area contributed by atoms with Crippen LogP contribution >= 0.6 is 11.3 Å². The van der Waals surface area contributed by atoms with Crippen molar-refractivity contribution in [3.8, 4) is 11.3 Å². The van der Waals surface area contributed by atoms with Crippen molar-refractivity contribution in [2.24, 2.45) is 11.1 Å². The number of thiazole rings is 1. The minimum atomic E-state index is -0.405. The Kier molecular flexibility index (Phi) is 3.87. The Labute approximate surface area is 121 Å². The summed E-state index contributed by atoms with van der Waals surface area (Å²) in [5.74, 6) is 0. The third kappa shape index (κ3) is 3.02. The quantitative estimate of drug-likeness (QED) is 0.689. The first-order valence-corrected chi connectivity index (χ1v) is 7.13. The van der Waals surface area contributed by atoms with Crippen LogP contribution in [0.15, 0.2) is 29.6 Å². The Hall–Kier alpha value is -1.79. The summed E-state index contributed by atoms with van der Waals surface area (Å²) < 4.78 is 0. The number of aromatic nitrogens is 1. The highest BCUT2D eigenvalue weighted by molar-refractivity contribution is 7.10. The molecule has 5 nitrogen and oxygen atoms in total. The van der Waals surface area contributed by atoms with Gasteiger partial charge in [-0.3, -0.25) is 10.1 Å². The molecule has 0 amide bonds. The highest BCUT2D eigenvalue weighted by Gasteiger charge is 2.25. The fourth-order valence-corrected chi connectivity index (χ4v) is 2.78. The number of nitro groups is 1. The molecule has 0 saturated carbocycles. The monoisotopic (exact) mass is 291 g/mol. The van der Waals surface area contributed by atoms with Crippen LogP contribution in [0.3, 0.4) is 0 Å². The number of rotatable bonds is 3. The molecule has 2 N–H and O–H groups in total. The molecule has 1 aromatic carbocycles. The fourth-order valence-electron chi connectivity index (χ4n) is 1.71. The first kappa shape index (κ1) is 14.6. The maximum absolute atomic E-state index is 10.8. The second kappa shape index (κ2) is 5.30. The maximum Gasteiger partial charge on any atom is 0.270 e. The lowest BCUT2D eigenvalue weighted by atomic mass is 9.88. The van der Waals surface area contributed by atoms with Crippen LogP contribution in [0.5, 0.6) is 0 Å². The minimum absolute atomic E-state index is 0.0668. The van der Waals surface area contributed by atoms with Crippen molar-refractivity contribution in [2.45, 2.75) is 26.8 Å². The van der Waals surface area contributed by atoms with E-state index in [1.165, 1.54) is 23.5 Å². The summed E-state index contributed by atoms with van der Waals surface area (Å²) in [5, 5.41) is 13.5. The summed E-state index contributed by atoms with van der Waals surface area (Å²) in [7, 11) is 0. The molecule has 1 unspecified atom stereocenters. The van der Waals surface area contributed by atoms with Crippen molar-refractivity contribution in [3.63, 3.8) is 0 Å². The SMILES string of the molecule is CC(C)(C)C(N)c1nc(-c2cccc([N+](=O)[O-])c2)cs1. The molecule has 0 aliphatic heterocycles.